The van der Waals surface area contributed by atoms with Gasteiger partial charge >= 0.3 is 5.97 Å². The van der Waals surface area contributed by atoms with Crippen molar-refractivity contribution in [1.82, 2.24) is 0 Å². The normalized spacial score (nSPS) is 15.1. The van der Waals surface area contributed by atoms with Gasteiger partial charge in [-0.3, -0.25) is 4.79 Å². The molecule has 0 aliphatic carbocycles. The molecule has 1 aliphatic heterocycles. The Labute approximate surface area is 207 Å². The largest absolute Gasteiger partial charge is 0.497 e. The Morgan fingerprint density at radius 1 is 1.09 bits per heavy atom. The van der Waals surface area contributed by atoms with Crippen LogP contribution in [0.15, 0.2) is 66.7 Å². The van der Waals surface area contributed by atoms with E-state index in [1.807, 2.05) is 30.3 Å². The molecule has 5 heteroatoms. The average molecular weight is 470 g/mol. The molecule has 1 aliphatic rings. The average Bonchev–Trinajstić information content (AvgIpc) is 2.87. The van der Waals surface area contributed by atoms with Gasteiger partial charge in [-0.2, -0.15) is 0 Å². The lowest BCUT2D eigenvalue weighted by molar-refractivity contribution is -0.137. The maximum atomic E-state index is 11.2. The highest BCUT2D eigenvalue weighted by molar-refractivity contribution is 5.69. The van der Waals surface area contributed by atoms with Gasteiger partial charge in [-0.15, -0.1) is 5.92 Å². The van der Waals surface area contributed by atoms with Gasteiger partial charge in [0.05, 0.1) is 19.4 Å². The molecule has 0 aromatic heterocycles. The van der Waals surface area contributed by atoms with Crippen molar-refractivity contribution in [1.29, 1.82) is 0 Å². The Morgan fingerprint density at radius 2 is 1.89 bits per heavy atom. The second-order valence-electron chi connectivity index (χ2n) is 8.90. The molecule has 35 heavy (non-hydrogen) atoms. The van der Waals surface area contributed by atoms with Crippen LogP contribution in [-0.4, -0.2) is 24.7 Å². The van der Waals surface area contributed by atoms with Crippen LogP contribution in [0.5, 0.6) is 11.5 Å². The Kier molecular flexibility index (Phi) is 7.95. The maximum Gasteiger partial charge on any atom is 0.304 e. The third kappa shape index (κ3) is 6.58. The van der Waals surface area contributed by atoms with Crippen molar-refractivity contribution in [3.8, 4) is 23.3 Å². The van der Waals surface area contributed by atoms with E-state index in [1.165, 1.54) is 16.8 Å². The van der Waals surface area contributed by atoms with Gasteiger partial charge in [-0.05, 0) is 66.1 Å². The van der Waals surface area contributed by atoms with Gasteiger partial charge in [0.2, 0.25) is 0 Å². The van der Waals surface area contributed by atoms with E-state index in [4.69, 9.17) is 9.47 Å². The van der Waals surface area contributed by atoms with Crippen LogP contribution in [0, 0.1) is 17.8 Å². The Morgan fingerprint density at radius 3 is 2.63 bits per heavy atom. The molecule has 5 nitrogen and oxygen atoms in total. The number of fused-ring (bicyclic) bond motifs is 1. The van der Waals surface area contributed by atoms with Crippen molar-refractivity contribution in [3.63, 3.8) is 0 Å². The number of aliphatic carboxylic acids is 1. The van der Waals surface area contributed by atoms with Crippen LogP contribution in [0.4, 0.5) is 5.69 Å². The van der Waals surface area contributed by atoms with Crippen molar-refractivity contribution >= 4 is 11.7 Å². The molecule has 180 valence electrons. The van der Waals surface area contributed by atoms with Crippen molar-refractivity contribution in [2.24, 2.45) is 5.92 Å². The van der Waals surface area contributed by atoms with Crippen molar-refractivity contribution < 1.29 is 19.4 Å². The van der Waals surface area contributed by atoms with Crippen LogP contribution in [0.3, 0.4) is 0 Å². The molecule has 0 saturated heterocycles. The standard InChI is InChI=1S/C30H31NO4/c1-3-5-24(17-30(32)33)25-6-4-7-28(16-25)35-20-22-10-8-21(9-11-22)14-23-15-26-12-13-27(34-2)18-29(26)31-19-23/h4,6-13,16,18,23-24,31H,14-15,17,19-20H2,1-2H3,(H,32,33). The number of benzene rings is 3. The summed E-state index contributed by atoms with van der Waals surface area (Å²) >= 11 is 0. The molecule has 0 amide bonds. The lowest BCUT2D eigenvalue weighted by Gasteiger charge is -2.26. The Balaban J connectivity index is 1.33. The molecular weight excluding hydrogens is 438 g/mol. The number of anilines is 1. The molecule has 2 unspecified atom stereocenters. The summed E-state index contributed by atoms with van der Waals surface area (Å²) in [5, 5.41) is 12.7. The van der Waals surface area contributed by atoms with Crippen LogP contribution in [0.25, 0.3) is 0 Å². The third-order valence-electron chi connectivity index (χ3n) is 6.32. The van der Waals surface area contributed by atoms with Gasteiger partial charge in [0.25, 0.3) is 0 Å². The number of rotatable bonds is 9. The summed E-state index contributed by atoms with van der Waals surface area (Å²) in [5.74, 6) is 6.75. The fourth-order valence-electron chi connectivity index (χ4n) is 4.50. The number of hydrogen-bond donors (Lipinski definition) is 2. The molecule has 4 rings (SSSR count). The second-order valence-corrected chi connectivity index (χ2v) is 8.90. The van der Waals surface area contributed by atoms with Crippen LogP contribution >= 0.6 is 0 Å². The molecule has 0 spiro atoms. The molecular formula is C30H31NO4. The first kappa shape index (κ1) is 24.2. The number of carbonyl (C=O) groups is 1. The quantitative estimate of drug-likeness (QED) is 0.395. The topological polar surface area (TPSA) is 67.8 Å². The summed E-state index contributed by atoms with van der Waals surface area (Å²) in [4.78, 5) is 11.2. The zero-order chi connectivity index (χ0) is 24.6. The molecule has 0 saturated carbocycles. The summed E-state index contributed by atoms with van der Waals surface area (Å²) in [6.07, 6.45) is 2.05. The van der Waals surface area contributed by atoms with Crippen LogP contribution in [0.1, 0.15) is 41.5 Å². The lowest BCUT2D eigenvalue weighted by Crippen LogP contribution is -2.24. The summed E-state index contributed by atoms with van der Waals surface area (Å²) in [5.41, 5.74) is 5.77. The van der Waals surface area contributed by atoms with Crippen LogP contribution in [-0.2, 0) is 24.2 Å². The number of nitrogens with one attached hydrogen (secondary N) is 1. The number of ether oxygens (including phenoxy) is 2. The third-order valence-corrected chi connectivity index (χ3v) is 6.32. The van der Waals surface area contributed by atoms with Gasteiger partial charge < -0.3 is 19.9 Å². The molecule has 2 N–H and O–H groups in total. The van der Waals surface area contributed by atoms with Crippen molar-refractivity contribution in [2.45, 2.75) is 38.7 Å². The molecule has 0 fully saturated rings. The Bertz CT molecular complexity index is 1220. The summed E-state index contributed by atoms with van der Waals surface area (Å²) in [6, 6.07) is 22.4. The van der Waals surface area contributed by atoms with E-state index in [0.29, 0.717) is 18.3 Å². The van der Waals surface area contributed by atoms with E-state index in [2.05, 4.69) is 53.6 Å². The van der Waals surface area contributed by atoms with E-state index in [1.54, 1.807) is 14.0 Å². The van der Waals surface area contributed by atoms with Crippen molar-refractivity contribution in [3.05, 3.63) is 89.0 Å². The minimum absolute atomic E-state index is 0.0257. The minimum Gasteiger partial charge on any atom is -0.497 e. The van der Waals surface area contributed by atoms with Crippen LogP contribution < -0.4 is 14.8 Å². The SMILES string of the molecule is CC#CC(CC(=O)O)c1cccc(OCc2ccc(CC3CNc4cc(OC)ccc4C3)cc2)c1. The summed E-state index contributed by atoms with van der Waals surface area (Å²) in [7, 11) is 1.69. The zero-order valence-corrected chi connectivity index (χ0v) is 20.2. The molecule has 2 atom stereocenters. The summed E-state index contributed by atoms with van der Waals surface area (Å²) < 4.78 is 11.3. The zero-order valence-electron chi connectivity index (χ0n) is 20.2. The van der Waals surface area contributed by atoms with Crippen molar-refractivity contribution in [2.75, 3.05) is 19.0 Å². The highest BCUT2D eigenvalue weighted by Crippen LogP contribution is 2.30. The van der Waals surface area contributed by atoms with Gasteiger partial charge in [0, 0.05) is 18.3 Å². The molecule has 1 heterocycles. The molecule has 3 aromatic rings. The second kappa shape index (κ2) is 11.5. The van der Waals surface area contributed by atoms with E-state index in [9.17, 15) is 9.90 Å². The Hall–Kier alpha value is -3.91. The smallest absolute Gasteiger partial charge is 0.304 e. The first-order valence-corrected chi connectivity index (χ1v) is 11.9. The molecule has 3 aromatic carbocycles. The molecule has 0 radical (unpaired) electrons. The monoisotopic (exact) mass is 469 g/mol. The first-order valence-electron chi connectivity index (χ1n) is 11.9. The fraction of sp³-hybridized carbons (Fsp3) is 0.300. The number of methoxy groups -OCH3 is 1. The number of carboxylic acids is 1. The van der Waals surface area contributed by atoms with Gasteiger partial charge in [-0.25, -0.2) is 0 Å². The van der Waals surface area contributed by atoms with Gasteiger partial charge in [0.15, 0.2) is 0 Å². The minimum atomic E-state index is -0.863. The van der Waals surface area contributed by atoms with E-state index >= 15 is 0 Å². The fourth-order valence-corrected chi connectivity index (χ4v) is 4.50. The number of carboxylic acid groups (broad SMARTS) is 1. The maximum absolute atomic E-state index is 11.2. The van der Waals surface area contributed by atoms with E-state index < -0.39 is 5.97 Å². The predicted molar refractivity (Wildman–Crippen MR) is 138 cm³/mol. The van der Waals surface area contributed by atoms with Gasteiger partial charge in [0.1, 0.15) is 18.1 Å². The highest BCUT2D eigenvalue weighted by atomic mass is 16.5. The van der Waals surface area contributed by atoms with Gasteiger partial charge in [-0.1, -0.05) is 48.4 Å². The number of hydrogen-bond acceptors (Lipinski definition) is 4. The highest BCUT2D eigenvalue weighted by Gasteiger charge is 2.19. The molecule has 0 bridgehead atoms. The first-order chi connectivity index (χ1) is 17.0. The summed E-state index contributed by atoms with van der Waals surface area (Å²) in [6.45, 7) is 3.12. The van der Waals surface area contributed by atoms with E-state index in [0.717, 1.165) is 36.3 Å². The lowest BCUT2D eigenvalue weighted by atomic mass is 9.88. The van der Waals surface area contributed by atoms with E-state index in [-0.39, 0.29) is 12.3 Å². The van der Waals surface area contributed by atoms with Crippen LogP contribution in [0.2, 0.25) is 0 Å². The predicted octanol–water partition coefficient (Wildman–Crippen LogP) is 5.68.